The van der Waals surface area contributed by atoms with Crippen LogP contribution in [0, 0.1) is 23.2 Å². The molecule has 4 fully saturated rings. The number of hydrogen-bond donors (Lipinski definition) is 1. The van der Waals surface area contributed by atoms with Crippen molar-refractivity contribution in [2.24, 2.45) is 30.2 Å². The molecule has 0 aromatic carbocycles. The van der Waals surface area contributed by atoms with Crippen LogP contribution >= 0.6 is 0 Å². The Balaban J connectivity index is 1.24. The lowest BCUT2D eigenvalue weighted by molar-refractivity contribution is -0.146. The molecule has 0 radical (unpaired) electrons. The summed E-state index contributed by atoms with van der Waals surface area (Å²) in [5.41, 5.74) is 2.90. The van der Waals surface area contributed by atoms with Gasteiger partial charge in [0.15, 0.2) is 0 Å². The zero-order valence-corrected chi connectivity index (χ0v) is 15.3. The fourth-order valence-electron chi connectivity index (χ4n) is 6.01. The molecule has 0 saturated heterocycles. The Morgan fingerprint density at radius 2 is 1.85 bits per heavy atom. The van der Waals surface area contributed by atoms with Crippen molar-refractivity contribution < 1.29 is 4.79 Å². The number of hydrogen-bond acceptors (Lipinski definition) is 3. The van der Waals surface area contributed by atoms with E-state index in [2.05, 4.69) is 21.5 Å². The van der Waals surface area contributed by atoms with Crippen LogP contribution in [-0.2, 0) is 18.4 Å². The van der Waals surface area contributed by atoms with Gasteiger partial charge in [0.2, 0.25) is 5.91 Å². The highest BCUT2D eigenvalue weighted by Crippen LogP contribution is 2.60. The third kappa shape index (κ3) is 2.74. The molecule has 2 aromatic rings. The van der Waals surface area contributed by atoms with Gasteiger partial charge < -0.3 is 5.32 Å². The van der Waals surface area contributed by atoms with E-state index in [9.17, 15) is 4.79 Å². The molecule has 4 saturated carbocycles. The van der Waals surface area contributed by atoms with E-state index in [0.29, 0.717) is 6.54 Å². The Morgan fingerprint density at radius 1 is 1.15 bits per heavy atom. The van der Waals surface area contributed by atoms with Gasteiger partial charge in [0.1, 0.15) is 0 Å². The number of pyridine rings is 1. The number of nitrogens with zero attached hydrogens (tertiary/aromatic N) is 3. The molecule has 6 rings (SSSR count). The van der Waals surface area contributed by atoms with Crippen molar-refractivity contribution in [1.29, 1.82) is 0 Å². The topological polar surface area (TPSA) is 59.8 Å². The van der Waals surface area contributed by atoms with Crippen molar-refractivity contribution in [2.45, 2.75) is 45.1 Å². The van der Waals surface area contributed by atoms with E-state index < -0.39 is 0 Å². The zero-order chi connectivity index (χ0) is 17.7. The Morgan fingerprint density at radius 3 is 2.38 bits per heavy atom. The number of rotatable bonds is 4. The first-order chi connectivity index (χ1) is 12.6. The molecular weight excluding hydrogens is 324 g/mol. The van der Waals surface area contributed by atoms with Crippen molar-refractivity contribution >= 4 is 5.91 Å². The van der Waals surface area contributed by atoms with Crippen molar-refractivity contribution in [3.63, 3.8) is 0 Å². The number of amides is 1. The van der Waals surface area contributed by atoms with Gasteiger partial charge in [0.05, 0.1) is 11.9 Å². The quantitative estimate of drug-likeness (QED) is 0.920. The number of nitrogens with one attached hydrogen (secondary N) is 1. The predicted octanol–water partition coefficient (Wildman–Crippen LogP) is 3.31. The Bertz CT molecular complexity index is 788. The summed E-state index contributed by atoms with van der Waals surface area (Å²) < 4.78 is 1.77. The Labute approximate surface area is 154 Å². The Kier molecular flexibility index (Phi) is 3.66. The van der Waals surface area contributed by atoms with Gasteiger partial charge in [0.25, 0.3) is 0 Å². The molecular formula is C21H26N4O. The second-order valence-electron chi connectivity index (χ2n) is 8.83. The van der Waals surface area contributed by atoms with E-state index in [1.807, 2.05) is 31.7 Å². The minimum atomic E-state index is -0.0716. The molecule has 0 unspecified atom stereocenters. The van der Waals surface area contributed by atoms with Crippen molar-refractivity contribution in [1.82, 2.24) is 20.1 Å². The molecule has 4 aliphatic rings. The van der Waals surface area contributed by atoms with Gasteiger partial charge >= 0.3 is 0 Å². The standard InChI is InChI=1S/C21H26N4O/c1-25-13-18(12-24-25)19-3-2-14(10-22-19)11-23-20(26)21-7-15-4-16(8-21)6-17(5-15)9-21/h2-3,10,12-13,15-17H,4-9,11H2,1H3,(H,23,26). The third-order valence-corrected chi connectivity index (χ3v) is 6.80. The highest BCUT2D eigenvalue weighted by molar-refractivity contribution is 5.83. The molecule has 136 valence electrons. The molecule has 26 heavy (non-hydrogen) atoms. The number of carbonyl (C=O) groups excluding carboxylic acids is 1. The predicted molar refractivity (Wildman–Crippen MR) is 98.9 cm³/mol. The summed E-state index contributed by atoms with van der Waals surface area (Å²) in [6, 6.07) is 4.05. The van der Waals surface area contributed by atoms with Crippen molar-refractivity contribution in [2.75, 3.05) is 0 Å². The maximum absolute atomic E-state index is 13.0. The van der Waals surface area contributed by atoms with Gasteiger partial charge in [-0.3, -0.25) is 14.5 Å². The normalized spacial score (nSPS) is 32.0. The fraction of sp³-hybridized carbons (Fsp3) is 0.571. The highest BCUT2D eigenvalue weighted by atomic mass is 16.2. The minimum absolute atomic E-state index is 0.0716. The molecule has 0 atom stereocenters. The maximum atomic E-state index is 13.0. The lowest BCUT2D eigenvalue weighted by Gasteiger charge is -2.55. The van der Waals surface area contributed by atoms with Gasteiger partial charge in [-0.2, -0.15) is 5.10 Å². The molecule has 5 heteroatoms. The van der Waals surface area contributed by atoms with Gasteiger partial charge in [-0.1, -0.05) is 6.07 Å². The van der Waals surface area contributed by atoms with Crippen LogP contribution in [0.25, 0.3) is 11.3 Å². The van der Waals surface area contributed by atoms with E-state index in [1.54, 1.807) is 4.68 Å². The average Bonchev–Trinajstić information content (AvgIpc) is 3.05. The molecule has 4 aliphatic carbocycles. The first kappa shape index (κ1) is 16.0. The lowest BCUT2D eigenvalue weighted by Crippen LogP contribution is -2.53. The zero-order valence-electron chi connectivity index (χ0n) is 15.3. The lowest BCUT2D eigenvalue weighted by atomic mass is 9.49. The first-order valence-corrected chi connectivity index (χ1v) is 9.82. The summed E-state index contributed by atoms with van der Waals surface area (Å²) in [6.07, 6.45) is 13.1. The van der Waals surface area contributed by atoms with Crippen LogP contribution in [0.3, 0.4) is 0 Å². The van der Waals surface area contributed by atoms with Crippen LogP contribution in [0.5, 0.6) is 0 Å². The summed E-state index contributed by atoms with van der Waals surface area (Å²) in [5, 5.41) is 7.41. The third-order valence-electron chi connectivity index (χ3n) is 6.80. The van der Waals surface area contributed by atoms with E-state index in [-0.39, 0.29) is 11.3 Å². The van der Waals surface area contributed by atoms with Gasteiger partial charge in [0, 0.05) is 37.0 Å². The van der Waals surface area contributed by atoms with E-state index in [4.69, 9.17) is 0 Å². The number of aryl methyl sites for hydroxylation is 1. The van der Waals surface area contributed by atoms with E-state index >= 15 is 0 Å². The minimum Gasteiger partial charge on any atom is -0.351 e. The first-order valence-electron chi connectivity index (χ1n) is 9.82. The van der Waals surface area contributed by atoms with Crippen LogP contribution in [0.15, 0.2) is 30.7 Å². The molecule has 2 aromatic heterocycles. The summed E-state index contributed by atoms with van der Waals surface area (Å²) >= 11 is 0. The molecule has 1 amide bonds. The largest absolute Gasteiger partial charge is 0.351 e. The van der Waals surface area contributed by atoms with Gasteiger partial charge in [-0.15, -0.1) is 0 Å². The summed E-state index contributed by atoms with van der Waals surface area (Å²) in [6.45, 7) is 0.570. The average molecular weight is 350 g/mol. The van der Waals surface area contributed by atoms with Crippen LogP contribution < -0.4 is 5.32 Å². The van der Waals surface area contributed by atoms with Crippen molar-refractivity contribution in [3.8, 4) is 11.3 Å². The second kappa shape index (κ2) is 5.93. The van der Waals surface area contributed by atoms with Crippen LogP contribution in [0.4, 0.5) is 0 Å². The monoisotopic (exact) mass is 350 g/mol. The van der Waals surface area contributed by atoms with Crippen LogP contribution in [0.2, 0.25) is 0 Å². The Hall–Kier alpha value is -2.17. The number of aromatic nitrogens is 3. The molecule has 2 heterocycles. The van der Waals surface area contributed by atoms with Crippen LogP contribution in [0.1, 0.15) is 44.1 Å². The second-order valence-corrected chi connectivity index (χ2v) is 8.83. The van der Waals surface area contributed by atoms with Gasteiger partial charge in [-0.05, 0) is 67.9 Å². The van der Waals surface area contributed by atoms with Crippen molar-refractivity contribution in [3.05, 3.63) is 36.3 Å². The molecule has 4 bridgehead atoms. The molecule has 1 N–H and O–H groups in total. The van der Waals surface area contributed by atoms with E-state index in [0.717, 1.165) is 53.8 Å². The van der Waals surface area contributed by atoms with E-state index in [1.165, 1.54) is 19.3 Å². The molecule has 5 nitrogen and oxygen atoms in total. The smallest absolute Gasteiger partial charge is 0.226 e. The number of carbonyl (C=O) groups is 1. The van der Waals surface area contributed by atoms with Crippen LogP contribution in [-0.4, -0.2) is 20.7 Å². The fourth-order valence-corrected chi connectivity index (χ4v) is 6.01. The SMILES string of the molecule is Cn1cc(-c2ccc(CNC(=O)C34CC5CC(CC(C5)C3)C4)cn2)cn1. The summed E-state index contributed by atoms with van der Waals surface area (Å²) in [4.78, 5) is 17.5. The maximum Gasteiger partial charge on any atom is 0.226 e. The van der Waals surface area contributed by atoms with Gasteiger partial charge in [-0.25, -0.2) is 0 Å². The summed E-state index contributed by atoms with van der Waals surface area (Å²) in [5.74, 6) is 2.68. The summed E-state index contributed by atoms with van der Waals surface area (Å²) in [7, 11) is 1.90. The highest BCUT2D eigenvalue weighted by Gasteiger charge is 2.54. The molecule has 0 spiro atoms. The molecule has 0 aliphatic heterocycles.